The van der Waals surface area contributed by atoms with Crippen LogP contribution in [0.25, 0.3) is 0 Å². The monoisotopic (exact) mass is 354 g/mol. The number of halogens is 2. The van der Waals surface area contributed by atoms with Crippen molar-refractivity contribution in [3.05, 3.63) is 31.8 Å². The molecule has 0 saturated carbocycles. The van der Waals surface area contributed by atoms with Gasteiger partial charge < -0.3 is 5.11 Å². The van der Waals surface area contributed by atoms with Crippen molar-refractivity contribution in [3.8, 4) is 0 Å². The SMILES string of the molecule is O=C(O)CCc1cccc(I)c1Br. The largest absolute Gasteiger partial charge is 0.481 e. The predicted octanol–water partition coefficient (Wildman–Crippen LogP) is 3.07. The fraction of sp³-hybridized carbons (Fsp3) is 0.222. The van der Waals surface area contributed by atoms with Crippen molar-refractivity contribution >= 4 is 44.5 Å². The van der Waals surface area contributed by atoms with E-state index in [1.807, 2.05) is 18.2 Å². The highest BCUT2D eigenvalue weighted by Gasteiger charge is 2.05. The lowest BCUT2D eigenvalue weighted by molar-refractivity contribution is -0.136. The van der Waals surface area contributed by atoms with Crippen LogP contribution in [0.3, 0.4) is 0 Å². The molecule has 2 nitrogen and oxygen atoms in total. The van der Waals surface area contributed by atoms with Crippen molar-refractivity contribution < 1.29 is 9.90 Å². The van der Waals surface area contributed by atoms with Crippen molar-refractivity contribution in [1.82, 2.24) is 0 Å². The normalized spacial score (nSPS) is 10.0. The van der Waals surface area contributed by atoms with Crippen LogP contribution >= 0.6 is 38.5 Å². The third-order valence-corrected chi connectivity index (χ3v) is 4.22. The summed E-state index contributed by atoms with van der Waals surface area (Å²) in [5.41, 5.74) is 1.05. The molecule has 1 N–H and O–H groups in total. The Morgan fingerprint density at radius 2 is 2.23 bits per heavy atom. The van der Waals surface area contributed by atoms with Crippen molar-refractivity contribution in [2.75, 3.05) is 0 Å². The summed E-state index contributed by atoms with van der Waals surface area (Å²) in [5, 5.41) is 8.52. The standard InChI is InChI=1S/C9H8BrIO2/c10-9-6(4-5-8(12)13)2-1-3-7(9)11/h1-3H,4-5H2,(H,12,13). The molecule has 13 heavy (non-hydrogen) atoms. The zero-order chi connectivity index (χ0) is 9.84. The van der Waals surface area contributed by atoms with Gasteiger partial charge in [-0.1, -0.05) is 12.1 Å². The van der Waals surface area contributed by atoms with E-state index in [1.54, 1.807) is 0 Å². The van der Waals surface area contributed by atoms with E-state index in [4.69, 9.17) is 5.11 Å². The molecule has 4 heteroatoms. The van der Waals surface area contributed by atoms with Gasteiger partial charge in [-0.15, -0.1) is 0 Å². The molecule has 70 valence electrons. The number of carboxylic acids is 1. The summed E-state index contributed by atoms with van der Waals surface area (Å²) < 4.78 is 2.12. The van der Waals surface area contributed by atoms with Crippen LogP contribution in [-0.2, 0) is 11.2 Å². The number of carboxylic acid groups (broad SMARTS) is 1. The molecule has 0 aromatic heterocycles. The maximum Gasteiger partial charge on any atom is 0.303 e. The van der Waals surface area contributed by atoms with Gasteiger partial charge in [0.1, 0.15) is 0 Å². The average molecular weight is 355 g/mol. The van der Waals surface area contributed by atoms with Gasteiger partial charge in [-0.3, -0.25) is 4.79 Å². The number of hydrogen-bond acceptors (Lipinski definition) is 1. The van der Waals surface area contributed by atoms with E-state index in [-0.39, 0.29) is 6.42 Å². The molecule has 0 aliphatic carbocycles. The van der Waals surface area contributed by atoms with Crippen LogP contribution in [0.2, 0.25) is 0 Å². The number of aryl methyl sites for hydroxylation is 1. The van der Waals surface area contributed by atoms with Crippen molar-refractivity contribution in [3.63, 3.8) is 0 Å². The number of carbonyl (C=O) groups is 1. The Hall–Kier alpha value is -0.100. The Balaban J connectivity index is 2.77. The second kappa shape index (κ2) is 4.95. The quantitative estimate of drug-likeness (QED) is 0.847. The van der Waals surface area contributed by atoms with E-state index >= 15 is 0 Å². The summed E-state index contributed by atoms with van der Waals surface area (Å²) >= 11 is 5.64. The molecule has 0 aliphatic heterocycles. The number of aliphatic carboxylic acids is 1. The van der Waals surface area contributed by atoms with E-state index in [1.165, 1.54) is 0 Å². The molecule has 0 saturated heterocycles. The molecule has 1 rings (SSSR count). The summed E-state index contributed by atoms with van der Waals surface area (Å²) in [6.07, 6.45) is 0.755. The highest BCUT2D eigenvalue weighted by molar-refractivity contribution is 14.1. The molecule has 0 atom stereocenters. The highest BCUT2D eigenvalue weighted by atomic mass is 127. The molecule has 0 spiro atoms. The topological polar surface area (TPSA) is 37.3 Å². The fourth-order valence-electron chi connectivity index (χ4n) is 0.983. The first-order valence-electron chi connectivity index (χ1n) is 3.76. The molecule has 0 bridgehead atoms. The molecule has 0 radical (unpaired) electrons. The van der Waals surface area contributed by atoms with E-state index in [2.05, 4.69) is 38.5 Å². The van der Waals surface area contributed by atoms with Gasteiger partial charge in [0.05, 0.1) is 0 Å². The van der Waals surface area contributed by atoms with Crippen molar-refractivity contribution in [2.45, 2.75) is 12.8 Å². The van der Waals surface area contributed by atoms with Crippen molar-refractivity contribution in [1.29, 1.82) is 0 Å². The first kappa shape index (κ1) is 11.0. The lowest BCUT2D eigenvalue weighted by Crippen LogP contribution is -1.98. The Labute approximate surface area is 98.6 Å². The Morgan fingerprint density at radius 3 is 2.85 bits per heavy atom. The van der Waals surface area contributed by atoms with E-state index in [9.17, 15) is 4.79 Å². The first-order chi connectivity index (χ1) is 6.11. The maximum absolute atomic E-state index is 10.4. The van der Waals surface area contributed by atoms with Crippen LogP contribution in [0.5, 0.6) is 0 Å². The Bertz CT molecular complexity index is 325. The molecule has 1 aromatic rings. The fourth-order valence-corrected chi connectivity index (χ4v) is 2.00. The van der Waals surface area contributed by atoms with Crippen LogP contribution in [0.15, 0.2) is 22.7 Å². The van der Waals surface area contributed by atoms with Gasteiger partial charge in [0, 0.05) is 14.5 Å². The van der Waals surface area contributed by atoms with Gasteiger partial charge in [-0.05, 0) is 56.6 Å². The highest BCUT2D eigenvalue weighted by Crippen LogP contribution is 2.24. The first-order valence-corrected chi connectivity index (χ1v) is 5.63. The summed E-state index contributed by atoms with van der Waals surface area (Å²) in [5.74, 6) is -0.759. The third-order valence-electron chi connectivity index (χ3n) is 1.64. The second-order valence-corrected chi connectivity index (χ2v) is 4.56. The molecule has 0 aliphatic rings. The summed E-state index contributed by atoms with van der Waals surface area (Å²) in [4.78, 5) is 10.4. The van der Waals surface area contributed by atoms with Crippen molar-refractivity contribution in [2.24, 2.45) is 0 Å². The zero-order valence-corrected chi connectivity index (χ0v) is 10.5. The van der Waals surface area contributed by atoms with Gasteiger partial charge >= 0.3 is 5.97 Å². The molecule has 0 fully saturated rings. The Kier molecular flexibility index (Phi) is 4.18. The van der Waals surface area contributed by atoms with Gasteiger partial charge in [-0.25, -0.2) is 0 Å². The molecule has 1 aromatic carbocycles. The van der Waals surface area contributed by atoms with Crippen LogP contribution < -0.4 is 0 Å². The van der Waals surface area contributed by atoms with Gasteiger partial charge in [0.25, 0.3) is 0 Å². The average Bonchev–Trinajstić information content (AvgIpc) is 2.07. The van der Waals surface area contributed by atoms with E-state index < -0.39 is 5.97 Å². The minimum absolute atomic E-state index is 0.179. The summed E-state index contributed by atoms with van der Waals surface area (Å²) in [7, 11) is 0. The lowest BCUT2D eigenvalue weighted by Gasteiger charge is -2.03. The minimum atomic E-state index is -0.759. The molecular formula is C9H8BrIO2. The number of benzene rings is 1. The maximum atomic E-state index is 10.4. The third kappa shape index (κ3) is 3.27. The summed E-state index contributed by atoms with van der Waals surface area (Å²) in [6.45, 7) is 0. The van der Waals surface area contributed by atoms with E-state index in [0.717, 1.165) is 13.6 Å². The Morgan fingerprint density at radius 1 is 1.54 bits per heavy atom. The molecule has 0 heterocycles. The summed E-state index contributed by atoms with van der Waals surface area (Å²) in [6, 6.07) is 5.85. The lowest BCUT2D eigenvalue weighted by atomic mass is 10.1. The van der Waals surface area contributed by atoms with Crippen LogP contribution in [-0.4, -0.2) is 11.1 Å². The van der Waals surface area contributed by atoms with E-state index in [0.29, 0.717) is 6.42 Å². The molecule has 0 amide bonds. The van der Waals surface area contributed by atoms with Gasteiger partial charge in [0.15, 0.2) is 0 Å². The minimum Gasteiger partial charge on any atom is -0.481 e. The van der Waals surface area contributed by atoms with Crippen LogP contribution in [0.1, 0.15) is 12.0 Å². The van der Waals surface area contributed by atoms with Crippen LogP contribution in [0, 0.1) is 3.57 Å². The van der Waals surface area contributed by atoms with Crippen LogP contribution in [0.4, 0.5) is 0 Å². The zero-order valence-electron chi connectivity index (χ0n) is 6.76. The smallest absolute Gasteiger partial charge is 0.303 e. The molecule has 0 unspecified atom stereocenters. The predicted molar refractivity (Wildman–Crippen MR) is 62.8 cm³/mol. The van der Waals surface area contributed by atoms with Gasteiger partial charge in [0.2, 0.25) is 0 Å². The number of hydrogen-bond donors (Lipinski definition) is 1. The molecular weight excluding hydrogens is 347 g/mol. The second-order valence-electron chi connectivity index (χ2n) is 2.61. The van der Waals surface area contributed by atoms with Gasteiger partial charge in [-0.2, -0.15) is 0 Å². The number of rotatable bonds is 3.